The molecule has 0 saturated heterocycles. The number of nitrogens with zero attached hydrogens (tertiary/aromatic N) is 1. The first-order valence-electron chi connectivity index (χ1n) is 7.30. The van der Waals surface area contributed by atoms with Gasteiger partial charge in [-0.1, -0.05) is 53.6 Å². The van der Waals surface area contributed by atoms with E-state index in [1.54, 1.807) is 11.1 Å². The predicted molar refractivity (Wildman–Crippen MR) is 83.3 cm³/mol. The van der Waals surface area contributed by atoms with Crippen molar-refractivity contribution >= 4 is 0 Å². The Morgan fingerprint density at radius 1 is 0.947 bits per heavy atom. The third-order valence-electron chi connectivity index (χ3n) is 3.70. The van der Waals surface area contributed by atoms with E-state index in [9.17, 15) is 0 Å². The quantitative estimate of drug-likeness (QED) is 0.735. The Morgan fingerprint density at radius 3 is 2.26 bits per heavy atom. The minimum absolute atomic E-state index is 1.11. The first-order valence-corrected chi connectivity index (χ1v) is 7.30. The lowest BCUT2D eigenvalue weighted by Crippen LogP contribution is -2.13. The molecule has 1 aliphatic rings. The lowest BCUT2D eigenvalue weighted by Gasteiger charge is -2.16. The molecule has 1 nitrogen and oxygen atoms in total. The third kappa shape index (κ3) is 5.04. The van der Waals surface area contributed by atoms with Gasteiger partial charge in [-0.15, -0.1) is 0 Å². The molecule has 0 unspecified atom stereocenters. The molecule has 0 atom stereocenters. The van der Waals surface area contributed by atoms with Crippen molar-refractivity contribution in [1.82, 2.24) is 4.90 Å². The van der Waals surface area contributed by atoms with E-state index in [2.05, 4.69) is 61.5 Å². The second-order valence-corrected chi connectivity index (χ2v) is 5.72. The summed E-state index contributed by atoms with van der Waals surface area (Å²) in [5.41, 5.74) is 4.62. The number of rotatable bonds is 6. The van der Waals surface area contributed by atoms with Crippen LogP contribution in [0.15, 0.2) is 53.6 Å². The molecule has 102 valence electrons. The van der Waals surface area contributed by atoms with Crippen molar-refractivity contribution in [2.75, 3.05) is 20.6 Å². The summed E-state index contributed by atoms with van der Waals surface area (Å²) in [4.78, 5) is 2.26. The highest BCUT2D eigenvalue weighted by atomic mass is 15.0. The number of allylic oxidation sites excluding steroid dienone is 4. The van der Waals surface area contributed by atoms with Crippen LogP contribution in [0.1, 0.15) is 31.2 Å². The normalized spacial score (nSPS) is 15.3. The van der Waals surface area contributed by atoms with E-state index in [1.165, 1.54) is 37.8 Å². The summed E-state index contributed by atoms with van der Waals surface area (Å²) in [7, 11) is 4.29. The molecule has 19 heavy (non-hydrogen) atoms. The van der Waals surface area contributed by atoms with Crippen molar-refractivity contribution < 1.29 is 0 Å². The molecule has 0 aliphatic heterocycles. The molecule has 0 heterocycles. The molecule has 1 heteroatoms. The van der Waals surface area contributed by atoms with Gasteiger partial charge in [0.2, 0.25) is 0 Å². The maximum absolute atomic E-state index is 2.36. The minimum atomic E-state index is 1.11. The smallest absolute Gasteiger partial charge is 0.00218 e. The molecular weight excluding hydrogens is 230 g/mol. The second-order valence-electron chi connectivity index (χ2n) is 5.72. The van der Waals surface area contributed by atoms with Crippen LogP contribution in [0.25, 0.3) is 0 Å². The van der Waals surface area contributed by atoms with Crippen molar-refractivity contribution in [2.24, 2.45) is 0 Å². The number of hydrogen-bond donors (Lipinski definition) is 0. The summed E-state index contributed by atoms with van der Waals surface area (Å²) in [5, 5.41) is 0. The van der Waals surface area contributed by atoms with Gasteiger partial charge in [-0.2, -0.15) is 0 Å². The average Bonchev–Trinajstić information content (AvgIpc) is 2.42. The summed E-state index contributed by atoms with van der Waals surface area (Å²) in [6, 6.07) is 10.8. The van der Waals surface area contributed by atoms with Crippen LogP contribution in [0, 0.1) is 0 Å². The fourth-order valence-electron chi connectivity index (χ4n) is 2.56. The predicted octanol–water partition coefficient (Wildman–Crippen LogP) is 4.22. The van der Waals surface area contributed by atoms with Gasteiger partial charge in [-0.05, 0) is 58.3 Å². The molecule has 0 radical (unpaired) electrons. The summed E-state index contributed by atoms with van der Waals surface area (Å²) in [6.07, 6.45) is 10.9. The third-order valence-corrected chi connectivity index (χ3v) is 3.70. The topological polar surface area (TPSA) is 3.24 Å². The first kappa shape index (κ1) is 14.1. The lowest BCUT2D eigenvalue weighted by molar-refractivity contribution is 0.399. The van der Waals surface area contributed by atoms with Crippen molar-refractivity contribution in [3.8, 4) is 0 Å². The van der Waals surface area contributed by atoms with E-state index in [1.807, 2.05) is 0 Å². The Balaban J connectivity index is 1.82. The molecule has 0 saturated carbocycles. The van der Waals surface area contributed by atoms with Crippen LogP contribution in [0.5, 0.6) is 0 Å². The van der Waals surface area contributed by atoms with Crippen molar-refractivity contribution in [3.05, 3.63) is 59.2 Å². The zero-order valence-electron chi connectivity index (χ0n) is 12.2. The molecule has 2 rings (SSSR count). The fourth-order valence-corrected chi connectivity index (χ4v) is 2.56. The summed E-state index contributed by atoms with van der Waals surface area (Å²) < 4.78 is 0. The van der Waals surface area contributed by atoms with E-state index in [0.717, 1.165) is 6.42 Å². The molecular formula is C18H25N. The zero-order valence-corrected chi connectivity index (χ0v) is 12.2. The largest absolute Gasteiger partial charge is 0.309 e. The minimum Gasteiger partial charge on any atom is -0.309 e. The highest BCUT2D eigenvalue weighted by Gasteiger charge is 2.07. The molecule has 1 aromatic carbocycles. The van der Waals surface area contributed by atoms with Gasteiger partial charge in [0.05, 0.1) is 0 Å². The highest BCUT2D eigenvalue weighted by Crippen LogP contribution is 2.24. The van der Waals surface area contributed by atoms with Crippen LogP contribution in [0.3, 0.4) is 0 Å². The Morgan fingerprint density at radius 2 is 1.63 bits per heavy atom. The summed E-state index contributed by atoms with van der Waals surface area (Å²) in [6.45, 7) is 1.19. The fraction of sp³-hybridized carbons (Fsp3) is 0.444. The Kier molecular flexibility index (Phi) is 5.41. The molecule has 0 fully saturated rings. The number of benzene rings is 1. The molecule has 0 amide bonds. The van der Waals surface area contributed by atoms with Gasteiger partial charge in [-0.25, -0.2) is 0 Å². The van der Waals surface area contributed by atoms with Gasteiger partial charge in [0.25, 0.3) is 0 Å². The van der Waals surface area contributed by atoms with E-state index in [-0.39, 0.29) is 0 Å². The SMILES string of the molecule is CN(C)CCCC1=CC=C(Cc2ccccc2)CC1. The highest BCUT2D eigenvalue weighted by molar-refractivity contribution is 5.29. The molecule has 0 spiro atoms. The van der Waals surface area contributed by atoms with E-state index in [4.69, 9.17) is 0 Å². The zero-order chi connectivity index (χ0) is 13.5. The van der Waals surface area contributed by atoms with Gasteiger partial charge in [0.1, 0.15) is 0 Å². The van der Waals surface area contributed by atoms with Gasteiger partial charge < -0.3 is 4.90 Å². The molecule has 0 aromatic heterocycles. The van der Waals surface area contributed by atoms with E-state index < -0.39 is 0 Å². The first-order chi connectivity index (χ1) is 9.24. The maximum atomic E-state index is 2.36. The van der Waals surface area contributed by atoms with Gasteiger partial charge >= 0.3 is 0 Å². The van der Waals surface area contributed by atoms with Crippen LogP contribution >= 0.6 is 0 Å². The molecule has 0 N–H and O–H groups in total. The standard InChI is InChI=1S/C18H25N/c1-19(2)14-6-9-16-10-12-18(13-11-16)15-17-7-4-3-5-8-17/h3-5,7-8,10,12H,6,9,11,13-15H2,1-2H3. The second kappa shape index (κ2) is 7.30. The van der Waals surface area contributed by atoms with Crippen molar-refractivity contribution in [2.45, 2.75) is 32.1 Å². The van der Waals surface area contributed by atoms with E-state index >= 15 is 0 Å². The maximum Gasteiger partial charge on any atom is -0.00218 e. The Bertz CT molecular complexity index is 440. The Labute approximate surface area is 117 Å². The van der Waals surface area contributed by atoms with Crippen LogP contribution in [-0.4, -0.2) is 25.5 Å². The lowest BCUT2D eigenvalue weighted by atomic mass is 9.92. The molecule has 1 aliphatic carbocycles. The van der Waals surface area contributed by atoms with Crippen LogP contribution in [-0.2, 0) is 6.42 Å². The molecule has 0 bridgehead atoms. The van der Waals surface area contributed by atoms with Gasteiger partial charge in [0.15, 0.2) is 0 Å². The number of hydrogen-bond acceptors (Lipinski definition) is 1. The average molecular weight is 255 g/mol. The van der Waals surface area contributed by atoms with Crippen molar-refractivity contribution in [3.63, 3.8) is 0 Å². The molecule has 1 aromatic rings. The van der Waals surface area contributed by atoms with Gasteiger partial charge in [-0.3, -0.25) is 0 Å². The summed E-state index contributed by atoms with van der Waals surface area (Å²) >= 11 is 0. The Hall–Kier alpha value is -1.34. The van der Waals surface area contributed by atoms with Crippen molar-refractivity contribution in [1.29, 1.82) is 0 Å². The summed E-state index contributed by atoms with van der Waals surface area (Å²) in [5.74, 6) is 0. The van der Waals surface area contributed by atoms with Crippen LogP contribution < -0.4 is 0 Å². The van der Waals surface area contributed by atoms with Crippen LogP contribution in [0.2, 0.25) is 0 Å². The van der Waals surface area contributed by atoms with Crippen LogP contribution in [0.4, 0.5) is 0 Å². The van der Waals surface area contributed by atoms with E-state index in [0.29, 0.717) is 0 Å². The van der Waals surface area contributed by atoms with Gasteiger partial charge in [0, 0.05) is 0 Å². The monoisotopic (exact) mass is 255 g/mol.